The van der Waals surface area contributed by atoms with Gasteiger partial charge in [-0.05, 0) is 58.7 Å². The van der Waals surface area contributed by atoms with Crippen LogP contribution in [0.25, 0.3) is 11.1 Å². The minimum absolute atomic E-state index is 0.0899. The molecule has 2 aliphatic rings. The van der Waals surface area contributed by atoms with Gasteiger partial charge in [0.05, 0.1) is 5.69 Å². The van der Waals surface area contributed by atoms with Crippen molar-refractivity contribution in [1.82, 2.24) is 25.3 Å². The molecule has 152 valence electrons. The second kappa shape index (κ2) is 8.86. The molecule has 0 unspecified atom stereocenters. The molecular formula is C20H30N6O2. The summed E-state index contributed by atoms with van der Waals surface area (Å²) < 4.78 is 5.24. The van der Waals surface area contributed by atoms with Crippen molar-refractivity contribution in [2.24, 2.45) is 5.92 Å². The quantitative estimate of drug-likeness (QED) is 0.761. The number of hydrogen-bond acceptors (Lipinski definition) is 7. The molecule has 0 aromatic carbocycles. The van der Waals surface area contributed by atoms with Crippen molar-refractivity contribution in [3.8, 4) is 0 Å². The number of rotatable bonds is 6. The average molecular weight is 387 g/mol. The van der Waals surface area contributed by atoms with Crippen LogP contribution in [-0.4, -0.2) is 65.2 Å². The highest BCUT2D eigenvalue weighted by atomic mass is 16.5. The van der Waals surface area contributed by atoms with Gasteiger partial charge < -0.3 is 19.6 Å². The number of carbonyl (C=O) groups is 1. The summed E-state index contributed by atoms with van der Waals surface area (Å²) in [7, 11) is 0. The summed E-state index contributed by atoms with van der Waals surface area (Å²) in [6.07, 6.45) is 8.24. The zero-order chi connectivity index (χ0) is 19.3. The Hall–Kier alpha value is -2.22. The topological polar surface area (TPSA) is 87.4 Å². The van der Waals surface area contributed by atoms with Crippen LogP contribution in [0.4, 0.5) is 5.82 Å². The van der Waals surface area contributed by atoms with Gasteiger partial charge in [0.25, 0.3) is 5.71 Å². The molecule has 8 heteroatoms. The first-order chi connectivity index (χ1) is 13.7. The van der Waals surface area contributed by atoms with Crippen LogP contribution in [0.1, 0.15) is 44.2 Å². The van der Waals surface area contributed by atoms with Gasteiger partial charge >= 0.3 is 0 Å². The summed E-state index contributed by atoms with van der Waals surface area (Å²) in [6.45, 7) is 7.83. The lowest BCUT2D eigenvalue weighted by molar-refractivity contribution is -0.125. The fourth-order valence-electron chi connectivity index (χ4n) is 4.34. The Balaban J connectivity index is 1.23. The highest BCUT2D eigenvalue weighted by molar-refractivity contribution is 5.88. The number of nitrogens with one attached hydrogen (secondary N) is 1. The van der Waals surface area contributed by atoms with Gasteiger partial charge in [0.15, 0.2) is 0 Å². The SMILES string of the molecule is Cc1noc2ncnc(N3CCC(C(=O)NCCCN4CCCCC4)CC3)c12. The Kier molecular flexibility index (Phi) is 6.04. The van der Waals surface area contributed by atoms with Crippen LogP contribution >= 0.6 is 0 Å². The summed E-state index contributed by atoms with van der Waals surface area (Å²) in [6, 6.07) is 0. The summed E-state index contributed by atoms with van der Waals surface area (Å²) in [5, 5.41) is 8.02. The van der Waals surface area contributed by atoms with E-state index in [9.17, 15) is 4.79 Å². The predicted octanol–water partition coefficient (Wildman–Crippen LogP) is 2.13. The fourth-order valence-corrected chi connectivity index (χ4v) is 4.34. The number of amides is 1. The van der Waals surface area contributed by atoms with E-state index in [0.29, 0.717) is 5.71 Å². The molecule has 2 fully saturated rings. The van der Waals surface area contributed by atoms with E-state index in [1.807, 2.05) is 6.92 Å². The van der Waals surface area contributed by atoms with Gasteiger partial charge in [0, 0.05) is 25.6 Å². The van der Waals surface area contributed by atoms with Crippen LogP contribution in [0.3, 0.4) is 0 Å². The highest BCUT2D eigenvalue weighted by Gasteiger charge is 2.27. The first-order valence-electron chi connectivity index (χ1n) is 10.5. The maximum absolute atomic E-state index is 12.5. The molecule has 28 heavy (non-hydrogen) atoms. The van der Waals surface area contributed by atoms with E-state index in [1.54, 1.807) is 0 Å². The van der Waals surface area contributed by atoms with Gasteiger partial charge in [-0.15, -0.1) is 0 Å². The number of aryl methyl sites for hydroxylation is 1. The molecule has 4 rings (SSSR count). The van der Waals surface area contributed by atoms with E-state index >= 15 is 0 Å². The molecule has 0 spiro atoms. The largest absolute Gasteiger partial charge is 0.356 e. The minimum atomic E-state index is 0.0899. The normalized spacial score (nSPS) is 19.2. The Morgan fingerprint density at radius 2 is 1.96 bits per heavy atom. The lowest BCUT2D eigenvalue weighted by Gasteiger charge is -2.32. The minimum Gasteiger partial charge on any atom is -0.356 e. The van der Waals surface area contributed by atoms with E-state index in [0.717, 1.165) is 62.3 Å². The van der Waals surface area contributed by atoms with Gasteiger partial charge in [-0.3, -0.25) is 4.79 Å². The molecule has 0 saturated carbocycles. The maximum atomic E-state index is 12.5. The third kappa shape index (κ3) is 4.27. The fraction of sp³-hybridized carbons (Fsp3) is 0.700. The molecule has 1 amide bonds. The number of piperidine rings is 2. The van der Waals surface area contributed by atoms with Crippen LogP contribution in [-0.2, 0) is 4.79 Å². The molecule has 2 aliphatic heterocycles. The number of nitrogens with zero attached hydrogens (tertiary/aromatic N) is 5. The van der Waals surface area contributed by atoms with Gasteiger partial charge in [0.2, 0.25) is 5.91 Å². The van der Waals surface area contributed by atoms with E-state index in [1.165, 1.54) is 38.7 Å². The lowest BCUT2D eigenvalue weighted by Crippen LogP contribution is -2.41. The highest BCUT2D eigenvalue weighted by Crippen LogP contribution is 2.29. The summed E-state index contributed by atoms with van der Waals surface area (Å²) in [5.41, 5.74) is 1.33. The summed E-state index contributed by atoms with van der Waals surface area (Å²) in [5.74, 6) is 1.16. The first-order valence-corrected chi connectivity index (χ1v) is 10.5. The Bertz CT molecular complexity index is 793. The maximum Gasteiger partial charge on any atom is 0.263 e. The Morgan fingerprint density at radius 1 is 1.18 bits per heavy atom. The third-order valence-electron chi connectivity index (χ3n) is 5.99. The molecule has 1 N–H and O–H groups in total. The standard InChI is InChI=1S/C20H30N6O2/c1-15-17-18(22-14-23-20(17)28-24-15)26-12-6-16(7-13-26)19(27)21-8-5-11-25-9-3-2-4-10-25/h14,16H,2-13H2,1H3,(H,21,27). The summed E-state index contributed by atoms with van der Waals surface area (Å²) in [4.78, 5) is 25.8. The zero-order valence-corrected chi connectivity index (χ0v) is 16.7. The number of likely N-dealkylation sites (tertiary alicyclic amines) is 1. The van der Waals surface area contributed by atoms with E-state index < -0.39 is 0 Å². The van der Waals surface area contributed by atoms with Crippen molar-refractivity contribution in [2.45, 2.75) is 45.4 Å². The number of fused-ring (bicyclic) bond motifs is 1. The molecule has 0 aliphatic carbocycles. The predicted molar refractivity (Wildman–Crippen MR) is 107 cm³/mol. The van der Waals surface area contributed by atoms with Crippen LogP contribution in [0.2, 0.25) is 0 Å². The van der Waals surface area contributed by atoms with Crippen molar-refractivity contribution in [2.75, 3.05) is 44.2 Å². The molecule has 2 saturated heterocycles. The second-order valence-corrected chi connectivity index (χ2v) is 7.95. The zero-order valence-electron chi connectivity index (χ0n) is 16.7. The Morgan fingerprint density at radius 3 is 2.75 bits per heavy atom. The van der Waals surface area contributed by atoms with Crippen LogP contribution in [0.5, 0.6) is 0 Å². The van der Waals surface area contributed by atoms with Crippen molar-refractivity contribution >= 4 is 22.8 Å². The van der Waals surface area contributed by atoms with Crippen LogP contribution in [0.15, 0.2) is 10.9 Å². The van der Waals surface area contributed by atoms with E-state index in [-0.39, 0.29) is 11.8 Å². The monoisotopic (exact) mass is 386 g/mol. The smallest absolute Gasteiger partial charge is 0.263 e. The van der Waals surface area contributed by atoms with Gasteiger partial charge in [-0.2, -0.15) is 4.98 Å². The molecular weight excluding hydrogens is 356 g/mol. The number of hydrogen-bond donors (Lipinski definition) is 1. The number of carbonyl (C=O) groups excluding carboxylic acids is 1. The number of aromatic nitrogens is 3. The molecule has 8 nitrogen and oxygen atoms in total. The van der Waals surface area contributed by atoms with Crippen LogP contribution in [0, 0.1) is 12.8 Å². The van der Waals surface area contributed by atoms with E-state index in [2.05, 4.69) is 30.2 Å². The molecule has 0 radical (unpaired) electrons. The summed E-state index contributed by atoms with van der Waals surface area (Å²) >= 11 is 0. The van der Waals surface area contributed by atoms with Crippen molar-refractivity contribution in [1.29, 1.82) is 0 Å². The van der Waals surface area contributed by atoms with Gasteiger partial charge in [-0.1, -0.05) is 11.6 Å². The van der Waals surface area contributed by atoms with Crippen LogP contribution < -0.4 is 10.2 Å². The molecule has 2 aromatic heterocycles. The molecule has 2 aromatic rings. The first kappa shape index (κ1) is 19.1. The molecule has 4 heterocycles. The average Bonchev–Trinajstić information content (AvgIpc) is 3.13. The Labute approximate surface area is 165 Å². The van der Waals surface area contributed by atoms with Crippen molar-refractivity contribution in [3.05, 3.63) is 12.0 Å². The number of anilines is 1. The second-order valence-electron chi connectivity index (χ2n) is 7.95. The van der Waals surface area contributed by atoms with E-state index in [4.69, 9.17) is 4.52 Å². The van der Waals surface area contributed by atoms with Gasteiger partial charge in [0.1, 0.15) is 17.5 Å². The van der Waals surface area contributed by atoms with Gasteiger partial charge in [-0.25, -0.2) is 4.98 Å². The lowest BCUT2D eigenvalue weighted by atomic mass is 9.95. The third-order valence-corrected chi connectivity index (χ3v) is 5.99. The molecule has 0 atom stereocenters. The van der Waals surface area contributed by atoms with Crippen molar-refractivity contribution < 1.29 is 9.32 Å². The molecule has 0 bridgehead atoms. The van der Waals surface area contributed by atoms with Crippen molar-refractivity contribution in [3.63, 3.8) is 0 Å².